The van der Waals surface area contributed by atoms with Gasteiger partial charge in [0.2, 0.25) is 0 Å². The van der Waals surface area contributed by atoms with Crippen LogP contribution in [-0.4, -0.2) is 16.1 Å². The van der Waals surface area contributed by atoms with Crippen LogP contribution in [0.25, 0.3) is 0 Å². The molecule has 0 aliphatic heterocycles. The summed E-state index contributed by atoms with van der Waals surface area (Å²) in [6.07, 6.45) is 6.77. The second-order valence-corrected chi connectivity index (χ2v) is 5.14. The summed E-state index contributed by atoms with van der Waals surface area (Å²) >= 11 is 6.93. The zero-order valence-corrected chi connectivity index (χ0v) is 12.3. The molecule has 0 spiro atoms. The van der Waals surface area contributed by atoms with Gasteiger partial charge in [-0.2, -0.15) is 0 Å². The van der Waals surface area contributed by atoms with E-state index < -0.39 is 0 Å². The second kappa shape index (κ2) is 8.54. The van der Waals surface area contributed by atoms with E-state index in [1.807, 2.05) is 0 Å². The molecule has 0 bridgehead atoms. The Kier molecular flexibility index (Phi) is 9.36. The fraction of sp³-hybridized carbons (Fsp3) is 0.889. The van der Waals surface area contributed by atoms with Gasteiger partial charge < -0.3 is 6.74 Å². The Bertz CT molecular complexity index is 152. The van der Waals surface area contributed by atoms with Gasteiger partial charge in [0, 0.05) is 6.04 Å². The van der Waals surface area contributed by atoms with E-state index in [2.05, 4.69) is 12.2 Å². The maximum atomic E-state index is 5.19. The van der Waals surface area contributed by atoms with Gasteiger partial charge in [0.15, 0.2) is 0 Å². The number of hydrogen-bond donors (Lipinski definition) is 1. The van der Waals surface area contributed by atoms with Crippen molar-refractivity contribution >= 4 is 28.3 Å². The summed E-state index contributed by atoms with van der Waals surface area (Å²) in [5.74, 6) is 1.08. The molecular weight excluding hydrogens is 209 g/mol. The number of rotatable bonds is 2. The molecule has 0 heterocycles. The van der Waals surface area contributed by atoms with Crippen LogP contribution in [0.2, 0.25) is 0 Å². The van der Waals surface area contributed by atoms with Crippen LogP contribution in [0.4, 0.5) is 0 Å². The van der Waals surface area contributed by atoms with Crippen molar-refractivity contribution in [2.24, 2.45) is 0 Å². The van der Waals surface area contributed by atoms with E-state index in [9.17, 15) is 0 Å². The SMILES string of the molecule is CCSC(=S)NC1CCCCC1.[H-].[Na+]. The molecule has 1 aliphatic carbocycles. The first kappa shape index (κ1) is 14.2. The predicted molar refractivity (Wildman–Crippen MR) is 61.9 cm³/mol. The van der Waals surface area contributed by atoms with Crippen molar-refractivity contribution in [3.8, 4) is 0 Å². The Labute approximate surface area is 115 Å². The van der Waals surface area contributed by atoms with Crippen LogP contribution in [0, 0.1) is 0 Å². The molecule has 0 radical (unpaired) electrons. The first-order valence-corrected chi connectivity index (χ1v) is 6.15. The van der Waals surface area contributed by atoms with Crippen molar-refractivity contribution in [2.45, 2.75) is 45.1 Å². The van der Waals surface area contributed by atoms with E-state index in [1.54, 1.807) is 11.8 Å². The van der Waals surface area contributed by atoms with E-state index in [0.717, 1.165) is 10.1 Å². The standard InChI is InChI=1S/C9H17NS2.Na.H/c1-2-12-9(11)10-8-6-4-3-5-7-8;;/h8H,2-7H2,1H3,(H,10,11);;/q;+1;-1. The maximum Gasteiger partial charge on any atom is 1.00 e. The van der Waals surface area contributed by atoms with Crippen molar-refractivity contribution in [1.29, 1.82) is 0 Å². The molecule has 1 aliphatic rings. The zero-order chi connectivity index (χ0) is 8.81. The fourth-order valence-electron chi connectivity index (χ4n) is 1.59. The number of thiocarbonyl (C=S) groups is 1. The van der Waals surface area contributed by atoms with Crippen molar-refractivity contribution in [2.75, 3.05) is 5.75 Å². The molecule has 0 amide bonds. The van der Waals surface area contributed by atoms with Crippen LogP contribution in [0.15, 0.2) is 0 Å². The molecule has 0 aromatic heterocycles. The number of nitrogens with one attached hydrogen (secondary N) is 1. The van der Waals surface area contributed by atoms with Crippen LogP contribution in [0.5, 0.6) is 0 Å². The average molecular weight is 227 g/mol. The number of hydrogen-bond acceptors (Lipinski definition) is 2. The monoisotopic (exact) mass is 227 g/mol. The maximum absolute atomic E-state index is 5.19. The van der Waals surface area contributed by atoms with Gasteiger partial charge in [0.25, 0.3) is 0 Å². The molecule has 1 N–H and O–H groups in total. The van der Waals surface area contributed by atoms with Gasteiger partial charge in [-0.05, 0) is 18.6 Å². The molecule has 13 heavy (non-hydrogen) atoms. The van der Waals surface area contributed by atoms with Crippen LogP contribution in [0.3, 0.4) is 0 Å². The van der Waals surface area contributed by atoms with Crippen LogP contribution < -0.4 is 34.9 Å². The fourth-order valence-corrected chi connectivity index (χ4v) is 2.62. The van der Waals surface area contributed by atoms with Crippen LogP contribution in [0.1, 0.15) is 40.5 Å². The third-order valence-corrected chi connectivity index (χ3v) is 3.34. The molecule has 1 rings (SSSR count). The van der Waals surface area contributed by atoms with Gasteiger partial charge in [0.1, 0.15) is 4.32 Å². The van der Waals surface area contributed by atoms with Crippen molar-refractivity contribution in [3.63, 3.8) is 0 Å². The van der Waals surface area contributed by atoms with Crippen LogP contribution in [-0.2, 0) is 0 Å². The Morgan fingerprint density at radius 3 is 2.62 bits per heavy atom. The summed E-state index contributed by atoms with van der Waals surface area (Å²) in [7, 11) is 0. The van der Waals surface area contributed by atoms with Crippen molar-refractivity contribution in [1.82, 2.24) is 5.32 Å². The summed E-state index contributed by atoms with van der Waals surface area (Å²) in [5.41, 5.74) is 0. The van der Waals surface area contributed by atoms with Gasteiger partial charge in [-0.1, -0.05) is 50.2 Å². The van der Waals surface area contributed by atoms with Gasteiger partial charge >= 0.3 is 29.6 Å². The van der Waals surface area contributed by atoms with E-state index in [-0.39, 0.29) is 31.0 Å². The van der Waals surface area contributed by atoms with Crippen molar-refractivity contribution < 1.29 is 31.0 Å². The molecule has 1 saturated carbocycles. The summed E-state index contributed by atoms with van der Waals surface area (Å²) in [4.78, 5) is 0. The zero-order valence-electron chi connectivity index (χ0n) is 9.64. The average Bonchev–Trinajstić information content (AvgIpc) is 2.06. The Hall–Kier alpha value is 1.24. The largest absolute Gasteiger partial charge is 1.00 e. The third kappa shape index (κ3) is 6.34. The minimum Gasteiger partial charge on any atom is -1.00 e. The molecule has 4 heteroatoms. The first-order chi connectivity index (χ1) is 5.83. The van der Waals surface area contributed by atoms with E-state index in [1.165, 1.54) is 32.1 Å². The summed E-state index contributed by atoms with van der Waals surface area (Å²) in [6.45, 7) is 2.14. The normalized spacial score (nSPS) is 17.6. The first-order valence-electron chi connectivity index (χ1n) is 4.76. The quantitative estimate of drug-likeness (QED) is 0.529. The Balaban J connectivity index is 0. The smallest absolute Gasteiger partial charge is 1.00 e. The number of thioether (sulfide) groups is 1. The van der Waals surface area contributed by atoms with Gasteiger partial charge in [-0.15, -0.1) is 0 Å². The van der Waals surface area contributed by atoms with Crippen LogP contribution >= 0.6 is 24.0 Å². The predicted octanol–water partition coefficient (Wildman–Crippen LogP) is 0.0632. The molecule has 72 valence electrons. The van der Waals surface area contributed by atoms with E-state index in [0.29, 0.717) is 6.04 Å². The van der Waals surface area contributed by atoms with Crippen molar-refractivity contribution in [3.05, 3.63) is 0 Å². The third-order valence-electron chi connectivity index (χ3n) is 2.20. The minimum absolute atomic E-state index is 0. The van der Waals surface area contributed by atoms with E-state index in [4.69, 9.17) is 12.2 Å². The molecular formula is C9H18NNaS2. The molecule has 0 aromatic carbocycles. The summed E-state index contributed by atoms with van der Waals surface area (Å²) in [5, 5.41) is 3.41. The van der Waals surface area contributed by atoms with Gasteiger partial charge in [-0.3, -0.25) is 0 Å². The molecule has 0 saturated heterocycles. The Morgan fingerprint density at radius 1 is 1.46 bits per heavy atom. The molecule has 1 fully saturated rings. The minimum atomic E-state index is 0. The summed E-state index contributed by atoms with van der Waals surface area (Å²) in [6, 6.07) is 0.672. The molecule has 0 unspecified atom stereocenters. The van der Waals surface area contributed by atoms with Gasteiger partial charge in [-0.25, -0.2) is 0 Å². The molecule has 1 nitrogen and oxygen atoms in total. The second-order valence-electron chi connectivity index (χ2n) is 3.20. The topological polar surface area (TPSA) is 12.0 Å². The molecule has 0 atom stereocenters. The summed E-state index contributed by atoms with van der Waals surface area (Å²) < 4.78 is 0.990. The van der Waals surface area contributed by atoms with E-state index >= 15 is 0 Å². The van der Waals surface area contributed by atoms with Gasteiger partial charge in [0.05, 0.1) is 0 Å². The Morgan fingerprint density at radius 2 is 2.08 bits per heavy atom. The molecule has 0 aromatic rings.